The van der Waals surface area contributed by atoms with E-state index in [1.54, 1.807) is 0 Å². The summed E-state index contributed by atoms with van der Waals surface area (Å²) in [6, 6.07) is 1.19. The number of aliphatic hydroxyl groups is 1. The quantitative estimate of drug-likeness (QED) is 0.548. The summed E-state index contributed by atoms with van der Waals surface area (Å²) in [7, 11) is 0. The van der Waals surface area contributed by atoms with Crippen LogP contribution < -0.4 is 5.32 Å². The minimum absolute atomic E-state index is 0.110. The van der Waals surface area contributed by atoms with Gasteiger partial charge in [-0.1, -0.05) is 12.8 Å². The van der Waals surface area contributed by atoms with Crippen molar-refractivity contribution in [1.29, 1.82) is 0 Å². The standard InChI is InChI=1S/C11H15N3O4/c15-7-11(3-1-2-4-11)13-10(16)9-5-8(6-12-9)14(17)18/h5-6,12,15H,1-4,7H2,(H,13,16). The largest absolute Gasteiger partial charge is 0.394 e. The van der Waals surface area contributed by atoms with E-state index in [0.717, 1.165) is 25.7 Å². The van der Waals surface area contributed by atoms with Crippen LogP contribution in [0.25, 0.3) is 0 Å². The van der Waals surface area contributed by atoms with Crippen LogP contribution in [-0.2, 0) is 0 Å². The number of hydrogen-bond donors (Lipinski definition) is 3. The van der Waals surface area contributed by atoms with Crippen LogP contribution in [0, 0.1) is 10.1 Å². The van der Waals surface area contributed by atoms with E-state index in [4.69, 9.17) is 0 Å². The van der Waals surface area contributed by atoms with Gasteiger partial charge < -0.3 is 15.4 Å². The Bertz CT molecular complexity index is 463. The van der Waals surface area contributed by atoms with Crippen LogP contribution in [0.5, 0.6) is 0 Å². The lowest BCUT2D eigenvalue weighted by Crippen LogP contribution is -2.49. The van der Waals surface area contributed by atoms with Crippen molar-refractivity contribution in [3.8, 4) is 0 Å². The lowest BCUT2D eigenvalue weighted by molar-refractivity contribution is -0.384. The summed E-state index contributed by atoms with van der Waals surface area (Å²) in [5.74, 6) is -0.418. The van der Waals surface area contributed by atoms with Crippen LogP contribution in [0.4, 0.5) is 5.69 Å². The molecule has 1 aromatic heterocycles. The number of H-pyrrole nitrogens is 1. The summed E-state index contributed by atoms with van der Waals surface area (Å²) in [6.45, 7) is -0.110. The minimum atomic E-state index is -0.572. The van der Waals surface area contributed by atoms with Crippen molar-refractivity contribution in [3.63, 3.8) is 0 Å². The zero-order valence-electron chi connectivity index (χ0n) is 9.81. The van der Waals surface area contributed by atoms with Crippen molar-refractivity contribution in [2.45, 2.75) is 31.2 Å². The molecule has 2 rings (SSSR count). The second kappa shape index (κ2) is 4.77. The zero-order chi connectivity index (χ0) is 13.2. The van der Waals surface area contributed by atoms with Gasteiger partial charge in [-0.3, -0.25) is 14.9 Å². The van der Waals surface area contributed by atoms with Gasteiger partial charge in [0.1, 0.15) is 5.69 Å². The highest BCUT2D eigenvalue weighted by Crippen LogP contribution is 2.29. The molecule has 0 aromatic carbocycles. The molecule has 0 spiro atoms. The lowest BCUT2D eigenvalue weighted by atomic mass is 9.99. The highest BCUT2D eigenvalue weighted by atomic mass is 16.6. The van der Waals surface area contributed by atoms with Gasteiger partial charge in [0.25, 0.3) is 11.6 Å². The normalized spacial score (nSPS) is 17.6. The maximum Gasteiger partial charge on any atom is 0.287 e. The second-order valence-corrected chi connectivity index (χ2v) is 4.63. The molecule has 1 heterocycles. The van der Waals surface area contributed by atoms with Gasteiger partial charge in [0.05, 0.1) is 23.3 Å². The van der Waals surface area contributed by atoms with Crippen LogP contribution in [0.15, 0.2) is 12.3 Å². The van der Waals surface area contributed by atoms with Gasteiger partial charge in [0, 0.05) is 6.07 Å². The molecule has 1 fully saturated rings. The van der Waals surface area contributed by atoms with Crippen molar-refractivity contribution in [2.75, 3.05) is 6.61 Å². The monoisotopic (exact) mass is 253 g/mol. The minimum Gasteiger partial charge on any atom is -0.394 e. The zero-order valence-corrected chi connectivity index (χ0v) is 9.81. The number of aliphatic hydroxyl groups excluding tert-OH is 1. The van der Waals surface area contributed by atoms with Gasteiger partial charge in [-0.2, -0.15) is 0 Å². The number of nitrogens with zero attached hydrogens (tertiary/aromatic N) is 1. The molecule has 18 heavy (non-hydrogen) atoms. The highest BCUT2D eigenvalue weighted by Gasteiger charge is 2.35. The van der Waals surface area contributed by atoms with E-state index in [1.165, 1.54) is 12.3 Å². The number of aromatic nitrogens is 1. The van der Waals surface area contributed by atoms with E-state index in [-0.39, 0.29) is 18.0 Å². The number of carbonyl (C=O) groups excluding carboxylic acids is 1. The molecule has 1 amide bonds. The first-order valence-corrected chi connectivity index (χ1v) is 5.82. The fourth-order valence-electron chi connectivity index (χ4n) is 2.30. The average Bonchev–Trinajstić information content (AvgIpc) is 2.98. The smallest absolute Gasteiger partial charge is 0.287 e. The van der Waals surface area contributed by atoms with Gasteiger partial charge in [0.15, 0.2) is 0 Å². The maximum absolute atomic E-state index is 11.9. The van der Waals surface area contributed by atoms with E-state index in [0.29, 0.717) is 0 Å². The van der Waals surface area contributed by atoms with Gasteiger partial charge >= 0.3 is 0 Å². The van der Waals surface area contributed by atoms with Gasteiger partial charge in [-0.15, -0.1) is 0 Å². The predicted octanol–water partition coefficient (Wildman–Crippen LogP) is 0.958. The third-order valence-corrected chi connectivity index (χ3v) is 3.37. The molecule has 0 saturated heterocycles. The number of carbonyl (C=O) groups is 1. The number of nitro groups is 1. The SMILES string of the molecule is O=C(NC1(CO)CCCC1)c1cc([N+](=O)[O-])c[nH]1. The van der Waals surface area contributed by atoms with Crippen molar-refractivity contribution in [3.05, 3.63) is 28.1 Å². The van der Waals surface area contributed by atoms with Crippen molar-refractivity contribution < 1.29 is 14.8 Å². The second-order valence-electron chi connectivity index (χ2n) is 4.63. The third kappa shape index (κ3) is 2.35. The molecule has 0 unspecified atom stereocenters. The summed E-state index contributed by atoms with van der Waals surface area (Å²) < 4.78 is 0. The van der Waals surface area contributed by atoms with E-state index >= 15 is 0 Å². The molecular formula is C11H15N3O4. The highest BCUT2D eigenvalue weighted by molar-refractivity contribution is 5.93. The fraction of sp³-hybridized carbons (Fsp3) is 0.545. The summed E-state index contributed by atoms with van der Waals surface area (Å²) in [4.78, 5) is 24.4. The van der Waals surface area contributed by atoms with E-state index in [2.05, 4.69) is 10.3 Å². The molecule has 0 aliphatic heterocycles. The Morgan fingerprint density at radius 2 is 2.22 bits per heavy atom. The maximum atomic E-state index is 11.9. The first kappa shape index (κ1) is 12.6. The average molecular weight is 253 g/mol. The number of aromatic amines is 1. The molecule has 7 nitrogen and oxygen atoms in total. The van der Waals surface area contributed by atoms with Crippen LogP contribution >= 0.6 is 0 Å². The molecule has 1 aliphatic rings. The van der Waals surface area contributed by atoms with Crippen molar-refractivity contribution in [2.24, 2.45) is 0 Å². The molecule has 98 valence electrons. The van der Waals surface area contributed by atoms with E-state index in [1.807, 2.05) is 0 Å². The van der Waals surface area contributed by atoms with Gasteiger partial charge in [-0.25, -0.2) is 0 Å². The summed E-state index contributed by atoms with van der Waals surface area (Å²) in [6.07, 6.45) is 4.57. The Labute approximate surface area is 103 Å². The Hall–Kier alpha value is -1.89. The molecule has 1 aromatic rings. The first-order chi connectivity index (χ1) is 8.56. The summed E-state index contributed by atoms with van der Waals surface area (Å²) in [5, 5.41) is 22.7. The molecule has 7 heteroatoms. The molecule has 1 aliphatic carbocycles. The van der Waals surface area contributed by atoms with Gasteiger partial charge in [-0.05, 0) is 12.8 Å². The summed E-state index contributed by atoms with van der Waals surface area (Å²) >= 11 is 0. The molecule has 0 radical (unpaired) electrons. The Kier molecular flexibility index (Phi) is 3.33. The molecule has 0 atom stereocenters. The van der Waals surface area contributed by atoms with Crippen LogP contribution in [0.3, 0.4) is 0 Å². The van der Waals surface area contributed by atoms with Crippen LogP contribution in [-0.4, -0.2) is 33.1 Å². The topological polar surface area (TPSA) is 108 Å². The fourth-order valence-corrected chi connectivity index (χ4v) is 2.30. The van der Waals surface area contributed by atoms with Crippen molar-refractivity contribution >= 4 is 11.6 Å². The number of rotatable bonds is 4. The third-order valence-electron chi connectivity index (χ3n) is 3.37. The number of amides is 1. The molecule has 0 bridgehead atoms. The Morgan fingerprint density at radius 1 is 1.56 bits per heavy atom. The van der Waals surface area contributed by atoms with Crippen molar-refractivity contribution in [1.82, 2.24) is 10.3 Å². The molecular weight excluding hydrogens is 238 g/mol. The number of nitrogens with one attached hydrogen (secondary N) is 2. The number of hydrogen-bond acceptors (Lipinski definition) is 4. The summed E-state index contributed by atoms with van der Waals surface area (Å²) in [5.41, 5.74) is -0.581. The Balaban J connectivity index is 2.09. The molecule has 3 N–H and O–H groups in total. The van der Waals surface area contributed by atoms with Gasteiger partial charge in [0.2, 0.25) is 0 Å². The van der Waals surface area contributed by atoms with Crippen LogP contribution in [0.1, 0.15) is 36.2 Å². The molecule has 1 saturated carbocycles. The van der Waals surface area contributed by atoms with Crippen LogP contribution in [0.2, 0.25) is 0 Å². The van der Waals surface area contributed by atoms with E-state index in [9.17, 15) is 20.0 Å². The Morgan fingerprint density at radius 3 is 2.72 bits per heavy atom. The first-order valence-electron chi connectivity index (χ1n) is 5.82. The predicted molar refractivity (Wildman–Crippen MR) is 63.2 cm³/mol. The van der Waals surface area contributed by atoms with E-state index < -0.39 is 16.4 Å². The lowest BCUT2D eigenvalue weighted by Gasteiger charge is -2.27.